The first-order chi connectivity index (χ1) is 7.00. The van der Waals surface area contributed by atoms with Gasteiger partial charge >= 0.3 is 0 Å². The lowest BCUT2D eigenvalue weighted by Crippen LogP contribution is -2.17. The third-order valence-electron chi connectivity index (χ3n) is 2.29. The monoisotopic (exact) mass is 232 g/mol. The van der Waals surface area contributed by atoms with Crippen molar-refractivity contribution in [2.24, 2.45) is 0 Å². The summed E-state index contributed by atoms with van der Waals surface area (Å²) in [5.74, 6) is 0.418. The van der Waals surface area contributed by atoms with Crippen molar-refractivity contribution in [3.8, 4) is 0 Å². The zero-order chi connectivity index (χ0) is 11.5. The van der Waals surface area contributed by atoms with Crippen LogP contribution >= 0.6 is 0 Å². The SMILES string of the molecule is CCCC(c1nccn1CC)S(=O)(=O)O. The minimum absolute atomic E-state index is 0.385. The largest absolute Gasteiger partial charge is 0.334 e. The number of aromatic nitrogens is 2. The average molecular weight is 232 g/mol. The zero-order valence-electron chi connectivity index (χ0n) is 8.92. The van der Waals surface area contributed by atoms with E-state index in [1.54, 1.807) is 17.0 Å². The Bertz CT molecular complexity index is 411. The van der Waals surface area contributed by atoms with Crippen LogP contribution in [0.25, 0.3) is 0 Å². The topological polar surface area (TPSA) is 72.2 Å². The highest BCUT2D eigenvalue weighted by Crippen LogP contribution is 2.25. The van der Waals surface area contributed by atoms with Gasteiger partial charge in [0.15, 0.2) is 0 Å². The molecular weight excluding hydrogens is 216 g/mol. The van der Waals surface area contributed by atoms with Crippen LogP contribution in [0.4, 0.5) is 0 Å². The molecule has 0 spiro atoms. The number of aryl methyl sites for hydroxylation is 1. The van der Waals surface area contributed by atoms with Crippen molar-refractivity contribution in [2.75, 3.05) is 0 Å². The van der Waals surface area contributed by atoms with E-state index in [4.69, 9.17) is 4.55 Å². The molecule has 0 amide bonds. The van der Waals surface area contributed by atoms with Gasteiger partial charge in [0, 0.05) is 18.9 Å². The van der Waals surface area contributed by atoms with Gasteiger partial charge in [0.2, 0.25) is 0 Å². The van der Waals surface area contributed by atoms with E-state index in [0.717, 1.165) is 0 Å². The van der Waals surface area contributed by atoms with E-state index in [1.807, 2.05) is 13.8 Å². The molecule has 1 aromatic heterocycles. The first-order valence-electron chi connectivity index (χ1n) is 4.98. The molecule has 1 rings (SSSR count). The van der Waals surface area contributed by atoms with E-state index in [-0.39, 0.29) is 0 Å². The van der Waals surface area contributed by atoms with Crippen molar-refractivity contribution < 1.29 is 13.0 Å². The van der Waals surface area contributed by atoms with Crippen LogP contribution in [0.15, 0.2) is 12.4 Å². The molecule has 15 heavy (non-hydrogen) atoms. The van der Waals surface area contributed by atoms with Gasteiger partial charge in [0.25, 0.3) is 10.1 Å². The summed E-state index contributed by atoms with van der Waals surface area (Å²) in [4.78, 5) is 4.00. The highest BCUT2D eigenvalue weighted by Gasteiger charge is 2.27. The predicted octanol–water partition coefficient (Wildman–Crippen LogP) is 1.63. The van der Waals surface area contributed by atoms with Crippen LogP contribution in [0.5, 0.6) is 0 Å². The number of imidazole rings is 1. The molecule has 0 saturated heterocycles. The lowest BCUT2D eigenvalue weighted by Gasteiger charge is -2.13. The summed E-state index contributed by atoms with van der Waals surface area (Å²) in [7, 11) is -4.07. The fraction of sp³-hybridized carbons (Fsp3) is 0.667. The normalized spacial score (nSPS) is 14.1. The zero-order valence-corrected chi connectivity index (χ0v) is 9.74. The maximum absolute atomic E-state index is 11.2. The van der Waals surface area contributed by atoms with E-state index in [0.29, 0.717) is 25.2 Å². The highest BCUT2D eigenvalue weighted by atomic mass is 32.2. The van der Waals surface area contributed by atoms with Gasteiger partial charge in [-0.15, -0.1) is 0 Å². The Morgan fingerprint density at radius 1 is 1.53 bits per heavy atom. The minimum Gasteiger partial charge on any atom is -0.334 e. The Balaban J connectivity index is 3.10. The molecule has 1 atom stereocenters. The lowest BCUT2D eigenvalue weighted by atomic mass is 10.2. The van der Waals surface area contributed by atoms with Crippen molar-refractivity contribution in [3.63, 3.8) is 0 Å². The average Bonchev–Trinajstić information content (AvgIpc) is 2.59. The fourth-order valence-corrected chi connectivity index (χ4v) is 2.55. The molecule has 86 valence electrons. The Morgan fingerprint density at radius 3 is 2.67 bits per heavy atom. The van der Waals surface area contributed by atoms with Crippen LogP contribution in [0.2, 0.25) is 0 Å². The molecule has 0 radical (unpaired) electrons. The Hall–Kier alpha value is -0.880. The van der Waals surface area contributed by atoms with E-state index in [1.165, 1.54) is 0 Å². The van der Waals surface area contributed by atoms with Crippen LogP contribution in [-0.4, -0.2) is 22.5 Å². The van der Waals surface area contributed by atoms with Crippen molar-refractivity contribution in [3.05, 3.63) is 18.2 Å². The lowest BCUT2D eigenvalue weighted by molar-refractivity contribution is 0.456. The molecule has 1 heterocycles. The Kier molecular flexibility index (Phi) is 3.87. The molecule has 0 aliphatic heterocycles. The van der Waals surface area contributed by atoms with Gasteiger partial charge in [-0.2, -0.15) is 8.42 Å². The summed E-state index contributed by atoms with van der Waals surface area (Å²) in [5, 5.41) is -0.905. The van der Waals surface area contributed by atoms with Crippen molar-refractivity contribution >= 4 is 10.1 Å². The first-order valence-corrected chi connectivity index (χ1v) is 6.48. The number of hydrogen-bond donors (Lipinski definition) is 1. The quantitative estimate of drug-likeness (QED) is 0.783. The van der Waals surface area contributed by atoms with Crippen LogP contribution in [0.3, 0.4) is 0 Å². The molecule has 1 aromatic rings. The van der Waals surface area contributed by atoms with Crippen molar-refractivity contribution in [1.29, 1.82) is 0 Å². The molecular formula is C9H16N2O3S. The molecule has 1 N–H and O–H groups in total. The van der Waals surface area contributed by atoms with Gasteiger partial charge in [-0.25, -0.2) is 4.98 Å². The molecule has 6 heteroatoms. The van der Waals surface area contributed by atoms with Gasteiger partial charge in [-0.3, -0.25) is 4.55 Å². The van der Waals surface area contributed by atoms with E-state index < -0.39 is 15.4 Å². The Morgan fingerprint density at radius 2 is 2.20 bits per heavy atom. The Labute approximate surface area is 89.9 Å². The van der Waals surface area contributed by atoms with Gasteiger partial charge < -0.3 is 4.57 Å². The summed E-state index contributed by atoms with van der Waals surface area (Å²) >= 11 is 0. The first kappa shape index (κ1) is 12.2. The third kappa shape index (κ3) is 2.79. The number of rotatable bonds is 5. The standard InChI is InChI=1S/C9H16N2O3S/c1-3-5-8(15(12,13)14)9-10-6-7-11(9)4-2/h6-8H,3-5H2,1-2H3,(H,12,13,14). The minimum atomic E-state index is -4.07. The predicted molar refractivity (Wildman–Crippen MR) is 57.1 cm³/mol. The van der Waals surface area contributed by atoms with Gasteiger partial charge in [-0.1, -0.05) is 13.3 Å². The van der Waals surface area contributed by atoms with Crippen LogP contribution in [0, 0.1) is 0 Å². The maximum Gasteiger partial charge on any atom is 0.275 e. The summed E-state index contributed by atoms with van der Waals surface area (Å²) < 4.78 is 33.2. The van der Waals surface area contributed by atoms with Crippen LogP contribution in [-0.2, 0) is 16.7 Å². The number of hydrogen-bond acceptors (Lipinski definition) is 3. The van der Waals surface area contributed by atoms with Gasteiger partial charge in [-0.05, 0) is 13.3 Å². The summed E-state index contributed by atoms with van der Waals surface area (Å²) in [6.45, 7) is 4.42. The van der Waals surface area contributed by atoms with Gasteiger partial charge in [0.05, 0.1) is 0 Å². The van der Waals surface area contributed by atoms with Crippen molar-refractivity contribution in [1.82, 2.24) is 9.55 Å². The molecule has 0 aliphatic carbocycles. The van der Waals surface area contributed by atoms with Crippen molar-refractivity contribution in [2.45, 2.75) is 38.5 Å². The number of nitrogens with zero attached hydrogens (tertiary/aromatic N) is 2. The second kappa shape index (κ2) is 4.76. The second-order valence-electron chi connectivity index (χ2n) is 3.36. The third-order valence-corrected chi connectivity index (χ3v) is 3.45. The molecule has 0 aromatic carbocycles. The molecule has 0 saturated carbocycles. The molecule has 1 unspecified atom stereocenters. The molecule has 5 nitrogen and oxygen atoms in total. The smallest absolute Gasteiger partial charge is 0.275 e. The molecule has 0 fully saturated rings. The maximum atomic E-state index is 11.2. The molecule has 0 aliphatic rings. The van der Waals surface area contributed by atoms with E-state index in [9.17, 15) is 8.42 Å². The summed E-state index contributed by atoms with van der Waals surface area (Å²) in [5.41, 5.74) is 0. The summed E-state index contributed by atoms with van der Waals surface area (Å²) in [6.07, 6.45) is 4.33. The van der Waals surface area contributed by atoms with E-state index in [2.05, 4.69) is 4.98 Å². The molecule has 0 bridgehead atoms. The highest BCUT2D eigenvalue weighted by molar-refractivity contribution is 7.86. The van der Waals surface area contributed by atoms with Crippen LogP contribution < -0.4 is 0 Å². The van der Waals surface area contributed by atoms with Crippen LogP contribution in [0.1, 0.15) is 37.8 Å². The van der Waals surface area contributed by atoms with E-state index >= 15 is 0 Å². The van der Waals surface area contributed by atoms with Gasteiger partial charge in [0.1, 0.15) is 11.1 Å². The summed E-state index contributed by atoms with van der Waals surface area (Å²) in [6, 6.07) is 0. The fourth-order valence-electron chi connectivity index (χ4n) is 1.55. The second-order valence-corrected chi connectivity index (χ2v) is 4.96.